The number of halogens is 3. The molecule has 4 atom stereocenters. The molecule has 0 radical (unpaired) electrons. The minimum atomic E-state index is -1.37. The number of anilines is 4. The third-order valence-electron chi connectivity index (χ3n) is 15.1. The van der Waals surface area contributed by atoms with E-state index in [-0.39, 0.29) is 53.0 Å². The molecule has 7 amide bonds. The average molecular weight is 1110 g/mol. The van der Waals surface area contributed by atoms with Crippen LogP contribution in [0.1, 0.15) is 93.1 Å². The first-order chi connectivity index (χ1) is 37.8. The van der Waals surface area contributed by atoms with Crippen molar-refractivity contribution in [3.8, 4) is 5.75 Å². The van der Waals surface area contributed by atoms with Crippen molar-refractivity contribution in [3.05, 3.63) is 147 Å². The van der Waals surface area contributed by atoms with E-state index in [0.717, 1.165) is 24.2 Å². The molecule has 5 aliphatic rings. The third kappa shape index (κ3) is 10.6. The Morgan fingerprint density at radius 1 is 0.731 bits per heavy atom. The van der Waals surface area contributed by atoms with Gasteiger partial charge in [-0.1, -0.05) is 66.7 Å². The predicted molar refractivity (Wildman–Crippen MR) is 288 cm³/mol. The van der Waals surface area contributed by atoms with Gasteiger partial charge in [0.15, 0.2) is 0 Å². The van der Waals surface area contributed by atoms with Crippen molar-refractivity contribution in [2.75, 3.05) is 74.1 Å². The van der Waals surface area contributed by atoms with E-state index in [1.165, 1.54) is 12.1 Å². The highest BCUT2D eigenvalue weighted by atomic mass is 35.5. The first kappa shape index (κ1) is 54.1. The Hall–Kier alpha value is -7.26. The molecule has 0 aromatic heterocycles. The summed E-state index contributed by atoms with van der Waals surface area (Å²) in [5, 5.41) is 18.1. The number of piperidine rings is 1. The number of carbonyl (C=O) groups excluding carboxylic acids is 7. The van der Waals surface area contributed by atoms with Crippen molar-refractivity contribution in [3.63, 3.8) is 0 Å². The molecule has 6 N–H and O–H groups in total. The SMILES string of the molecule is O=C1CCC(N2C(=O)c3cccc(NCCOCCOCCOCCOc4ccc(NC(=O)c5ccc(NC(=O)[C@@H]6NC7(CCCCC7)[C@@]7(C(=O)Nc8cc(Cl)ccc87)[C@H]6c6cccc(Cl)c6F)cc5)cc4)c3C2=O)C(=O)N1. The number of amides is 7. The largest absolute Gasteiger partial charge is 0.491 e. The molecule has 4 aliphatic heterocycles. The fourth-order valence-electron chi connectivity index (χ4n) is 11.7. The number of rotatable bonds is 20. The van der Waals surface area contributed by atoms with Gasteiger partial charge in [0.1, 0.15) is 29.6 Å². The van der Waals surface area contributed by atoms with Gasteiger partial charge in [0.05, 0.1) is 61.8 Å². The first-order valence-corrected chi connectivity index (χ1v) is 26.6. The van der Waals surface area contributed by atoms with Gasteiger partial charge < -0.3 is 40.2 Å². The summed E-state index contributed by atoms with van der Waals surface area (Å²) in [4.78, 5) is 93.8. The van der Waals surface area contributed by atoms with Gasteiger partial charge in [0.2, 0.25) is 23.6 Å². The third-order valence-corrected chi connectivity index (χ3v) is 15.6. The summed E-state index contributed by atoms with van der Waals surface area (Å²) >= 11 is 12.8. The lowest BCUT2D eigenvalue weighted by Crippen LogP contribution is -2.60. The van der Waals surface area contributed by atoms with Gasteiger partial charge in [-0.25, -0.2) is 4.39 Å². The smallest absolute Gasteiger partial charge is 0.264 e. The van der Waals surface area contributed by atoms with Crippen LogP contribution in [0.2, 0.25) is 10.0 Å². The normalized spacial score (nSPS) is 21.1. The molecule has 3 fully saturated rings. The van der Waals surface area contributed by atoms with E-state index in [1.807, 2.05) is 0 Å². The van der Waals surface area contributed by atoms with Gasteiger partial charge >= 0.3 is 0 Å². The summed E-state index contributed by atoms with van der Waals surface area (Å²) in [5.74, 6) is -4.56. The van der Waals surface area contributed by atoms with E-state index in [4.69, 9.17) is 42.1 Å². The zero-order valence-corrected chi connectivity index (χ0v) is 43.7. The summed E-state index contributed by atoms with van der Waals surface area (Å²) in [6.07, 6.45) is 3.85. The van der Waals surface area contributed by atoms with Crippen molar-refractivity contribution in [1.29, 1.82) is 0 Å². The van der Waals surface area contributed by atoms with Crippen LogP contribution < -0.4 is 36.6 Å². The second kappa shape index (κ2) is 23.4. The van der Waals surface area contributed by atoms with Gasteiger partial charge in [-0.05, 0) is 109 Å². The molecule has 21 heteroatoms. The molecule has 2 spiro atoms. The summed E-state index contributed by atoms with van der Waals surface area (Å²) in [5.41, 5.74) is 1.15. The number of carbonyl (C=O) groups is 7. The molecule has 18 nitrogen and oxygen atoms in total. The quantitative estimate of drug-likeness (QED) is 0.0326. The zero-order valence-electron chi connectivity index (χ0n) is 42.2. The molecule has 10 rings (SSSR count). The molecule has 5 aromatic rings. The van der Waals surface area contributed by atoms with Gasteiger partial charge in [0, 0.05) is 57.8 Å². The van der Waals surface area contributed by atoms with Crippen molar-refractivity contribution >= 4 is 87.3 Å². The van der Waals surface area contributed by atoms with Crippen LogP contribution in [0, 0.1) is 5.82 Å². The van der Waals surface area contributed by atoms with Crippen molar-refractivity contribution in [2.45, 2.75) is 73.9 Å². The van der Waals surface area contributed by atoms with Crippen LogP contribution in [0.15, 0.2) is 103 Å². The topological polar surface area (TPSA) is 232 Å². The molecule has 0 bridgehead atoms. The van der Waals surface area contributed by atoms with Crippen LogP contribution in [0.3, 0.4) is 0 Å². The van der Waals surface area contributed by atoms with Crippen LogP contribution in [0.25, 0.3) is 0 Å². The van der Waals surface area contributed by atoms with Crippen molar-refractivity contribution in [2.24, 2.45) is 0 Å². The van der Waals surface area contributed by atoms with Gasteiger partial charge in [-0.15, -0.1) is 0 Å². The highest BCUT2D eigenvalue weighted by Crippen LogP contribution is 2.63. The van der Waals surface area contributed by atoms with Crippen molar-refractivity contribution in [1.82, 2.24) is 15.5 Å². The summed E-state index contributed by atoms with van der Waals surface area (Å²) in [6, 6.07) is 25.9. The monoisotopic (exact) mass is 1100 g/mol. The Morgan fingerprint density at radius 3 is 2.14 bits per heavy atom. The Balaban J connectivity index is 0.641. The molecule has 1 unspecified atom stereocenters. The number of imide groups is 2. The number of benzene rings is 5. The second-order valence-electron chi connectivity index (χ2n) is 19.7. The number of nitrogens with zero attached hydrogens (tertiary/aromatic N) is 1. The minimum Gasteiger partial charge on any atom is -0.491 e. The summed E-state index contributed by atoms with van der Waals surface area (Å²) in [7, 11) is 0. The minimum absolute atomic E-state index is 0.0420. The molecule has 78 heavy (non-hydrogen) atoms. The Labute approximate surface area is 458 Å². The summed E-state index contributed by atoms with van der Waals surface area (Å²) < 4.78 is 38.9. The lowest BCUT2D eigenvalue weighted by atomic mass is 9.55. The van der Waals surface area contributed by atoms with Crippen LogP contribution in [-0.4, -0.2) is 117 Å². The van der Waals surface area contributed by atoms with Gasteiger partial charge in [-0.3, -0.25) is 49.1 Å². The lowest BCUT2D eigenvalue weighted by Gasteiger charge is -2.47. The number of fused-ring (bicyclic) bond motifs is 4. The van der Waals surface area contributed by atoms with Gasteiger partial charge in [0.25, 0.3) is 17.7 Å². The molecule has 5 aromatic carbocycles. The predicted octanol–water partition coefficient (Wildman–Crippen LogP) is 7.61. The number of nitrogens with one attached hydrogen (secondary N) is 6. The Bertz CT molecular complexity index is 3160. The fourth-order valence-corrected chi connectivity index (χ4v) is 12.0. The second-order valence-corrected chi connectivity index (χ2v) is 20.5. The van der Waals surface area contributed by atoms with Crippen molar-refractivity contribution < 1.29 is 56.9 Å². The number of ether oxygens (including phenoxy) is 4. The van der Waals surface area contributed by atoms with Crippen LogP contribution in [0.5, 0.6) is 5.75 Å². The number of hydrogen-bond acceptors (Lipinski definition) is 13. The molecule has 406 valence electrons. The van der Waals surface area contributed by atoms with E-state index in [2.05, 4.69) is 31.9 Å². The van der Waals surface area contributed by atoms with E-state index in [9.17, 15) is 33.6 Å². The maximum atomic E-state index is 16.3. The van der Waals surface area contributed by atoms with Crippen LogP contribution >= 0.6 is 23.2 Å². The highest BCUT2D eigenvalue weighted by Gasteiger charge is 2.72. The molecular weight excluding hydrogens is 1050 g/mol. The van der Waals surface area contributed by atoms with E-state index in [0.29, 0.717) is 104 Å². The first-order valence-electron chi connectivity index (χ1n) is 25.9. The molecule has 1 saturated carbocycles. The lowest BCUT2D eigenvalue weighted by molar-refractivity contribution is -0.136. The average Bonchev–Trinajstić information content (AvgIpc) is 2.87. The van der Waals surface area contributed by atoms with E-state index < -0.39 is 64.3 Å². The highest BCUT2D eigenvalue weighted by molar-refractivity contribution is 6.31. The summed E-state index contributed by atoms with van der Waals surface area (Å²) in [6.45, 7) is 2.54. The maximum absolute atomic E-state index is 16.3. The Morgan fingerprint density at radius 2 is 1.41 bits per heavy atom. The molecule has 2 saturated heterocycles. The van der Waals surface area contributed by atoms with E-state index in [1.54, 1.807) is 91.0 Å². The van der Waals surface area contributed by atoms with Gasteiger partial charge in [-0.2, -0.15) is 0 Å². The number of hydrogen-bond donors (Lipinski definition) is 6. The van der Waals surface area contributed by atoms with Crippen LogP contribution in [-0.2, 0) is 38.8 Å². The van der Waals surface area contributed by atoms with Crippen LogP contribution in [0.4, 0.5) is 27.1 Å². The maximum Gasteiger partial charge on any atom is 0.264 e. The molecule has 1 aliphatic carbocycles. The molecule has 4 heterocycles. The fraction of sp³-hybridized carbons (Fsp3) is 0.351. The molecular formula is C57H56Cl2FN7O11. The standard InChI is InChI=1S/C57H56Cl2FN7O11/c58-34-12-19-40-43(32-34)64-55(74)57(40)47(39-7-4-8-41(59)48(39)60)49(66-56(57)22-2-1-3-23-56)52(71)63-35-13-10-33(11-14-35)50(69)62-36-15-17-37(18-16-36)78-31-30-77-29-28-76-27-26-75-25-24-61-42-9-5-6-38-46(42)54(73)67(53(38)72)44-20-21-45(68)65-51(44)70/h4-19,32,44,47,49,61,66H,1-3,20-31H2,(H,62,69)(H,63,71)(H,64,74)(H,65,68,70)/t44?,47-,49+,57+/m0/s1. The zero-order chi connectivity index (χ0) is 54.6. The van der Waals surface area contributed by atoms with E-state index >= 15 is 4.39 Å². The Kier molecular flexibility index (Phi) is 16.2.